The Labute approximate surface area is 157 Å². The predicted octanol–water partition coefficient (Wildman–Crippen LogP) is 2.47. The third-order valence-corrected chi connectivity index (χ3v) is 4.66. The van der Waals surface area contributed by atoms with Crippen LogP contribution in [-0.4, -0.2) is 58.3 Å². The summed E-state index contributed by atoms with van der Waals surface area (Å²) < 4.78 is 0. The lowest BCUT2D eigenvalue weighted by molar-refractivity contribution is -0.383. The molecule has 1 aliphatic heterocycles. The van der Waals surface area contributed by atoms with Crippen molar-refractivity contribution in [2.24, 2.45) is 0 Å². The summed E-state index contributed by atoms with van der Waals surface area (Å²) in [6.07, 6.45) is 1.33. The second kappa shape index (κ2) is 8.09. The van der Waals surface area contributed by atoms with Crippen LogP contribution >= 0.6 is 0 Å². The van der Waals surface area contributed by atoms with Crippen molar-refractivity contribution in [2.75, 3.05) is 42.9 Å². The van der Waals surface area contributed by atoms with E-state index in [-0.39, 0.29) is 17.3 Å². The molecule has 1 saturated heterocycles. The van der Waals surface area contributed by atoms with Crippen LogP contribution in [0.25, 0.3) is 0 Å². The number of anilines is 3. The number of rotatable bonds is 6. The summed E-state index contributed by atoms with van der Waals surface area (Å²) in [6, 6.07) is 6.73. The van der Waals surface area contributed by atoms with Crippen LogP contribution in [0.1, 0.15) is 24.2 Å². The topological polar surface area (TPSA) is 104 Å². The molecule has 1 fully saturated rings. The first kappa shape index (κ1) is 18.7. The molecule has 0 aliphatic carbocycles. The van der Waals surface area contributed by atoms with Crippen molar-refractivity contribution in [2.45, 2.75) is 13.8 Å². The first-order chi connectivity index (χ1) is 13.0. The molecule has 1 aromatic heterocycles. The Kier molecular flexibility index (Phi) is 5.60. The molecule has 0 spiro atoms. The van der Waals surface area contributed by atoms with Crippen LogP contribution in [0.3, 0.4) is 0 Å². The molecule has 1 aromatic carbocycles. The van der Waals surface area contributed by atoms with Gasteiger partial charge in [0.05, 0.1) is 4.92 Å². The van der Waals surface area contributed by atoms with Crippen LogP contribution in [0.2, 0.25) is 0 Å². The number of piperazine rings is 1. The molecule has 9 nitrogen and oxygen atoms in total. The number of carbonyl (C=O) groups is 1. The van der Waals surface area contributed by atoms with Crippen LogP contribution in [0, 0.1) is 10.1 Å². The molecule has 0 saturated carbocycles. The Hall–Kier alpha value is -3.07. The van der Waals surface area contributed by atoms with Crippen LogP contribution in [0.5, 0.6) is 0 Å². The minimum Gasteiger partial charge on any atom is -0.348 e. The lowest BCUT2D eigenvalue weighted by Crippen LogP contribution is -2.46. The minimum atomic E-state index is -0.451. The molecule has 1 N–H and O–H groups in total. The van der Waals surface area contributed by atoms with Crippen molar-refractivity contribution in [1.29, 1.82) is 0 Å². The maximum absolute atomic E-state index is 11.7. The molecule has 27 heavy (non-hydrogen) atoms. The van der Waals surface area contributed by atoms with Gasteiger partial charge in [-0.2, -0.15) is 0 Å². The number of nitrogens with zero attached hydrogens (tertiary/aromatic N) is 5. The van der Waals surface area contributed by atoms with E-state index in [0.717, 1.165) is 19.6 Å². The van der Waals surface area contributed by atoms with Crippen molar-refractivity contribution in [3.8, 4) is 0 Å². The maximum Gasteiger partial charge on any atom is 0.353 e. The Bertz CT molecular complexity index is 831. The van der Waals surface area contributed by atoms with Gasteiger partial charge in [-0.05, 0) is 37.7 Å². The SMILES string of the molecule is CCN1CCN(c2ncnc(Nc3ccc(C(C)=O)cc3)c2[N+](=O)[O-])CC1. The van der Waals surface area contributed by atoms with E-state index in [1.807, 2.05) is 4.90 Å². The molecule has 2 aromatic rings. The smallest absolute Gasteiger partial charge is 0.348 e. The summed E-state index contributed by atoms with van der Waals surface area (Å²) in [6.45, 7) is 7.59. The third-order valence-electron chi connectivity index (χ3n) is 4.66. The van der Waals surface area contributed by atoms with Gasteiger partial charge in [0.25, 0.3) is 0 Å². The van der Waals surface area contributed by atoms with Crippen LogP contribution < -0.4 is 10.2 Å². The first-order valence-electron chi connectivity index (χ1n) is 8.84. The number of ketones is 1. The van der Waals surface area contributed by atoms with Crippen LogP contribution in [-0.2, 0) is 0 Å². The van der Waals surface area contributed by atoms with E-state index < -0.39 is 4.92 Å². The highest BCUT2D eigenvalue weighted by Crippen LogP contribution is 2.34. The number of hydrogen-bond donors (Lipinski definition) is 1. The van der Waals surface area contributed by atoms with E-state index in [4.69, 9.17) is 0 Å². The molecule has 9 heteroatoms. The Morgan fingerprint density at radius 1 is 1.19 bits per heavy atom. The van der Waals surface area contributed by atoms with Gasteiger partial charge in [0, 0.05) is 37.4 Å². The zero-order chi connectivity index (χ0) is 19.4. The molecule has 0 radical (unpaired) electrons. The van der Waals surface area contributed by atoms with Crippen LogP contribution in [0.4, 0.5) is 23.0 Å². The highest BCUT2D eigenvalue weighted by atomic mass is 16.6. The fourth-order valence-electron chi connectivity index (χ4n) is 3.06. The third kappa shape index (κ3) is 4.20. The molecule has 2 heterocycles. The van der Waals surface area contributed by atoms with Gasteiger partial charge in [0.2, 0.25) is 11.6 Å². The predicted molar refractivity (Wildman–Crippen MR) is 103 cm³/mol. The molecular formula is C18H22N6O3. The average molecular weight is 370 g/mol. The molecule has 0 bridgehead atoms. The van der Waals surface area contributed by atoms with Crippen molar-refractivity contribution in [1.82, 2.24) is 14.9 Å². The first-order valence-corrected chi connectivity index (χ1v) is 8.84. The highest BCUT2D eigenvalue weighted by Gasteiger charge is 2.29. The lowest BCUT2D eigenvalue weighted by Gasteiger charge is -2.34. The summed E-state index contributed by atoms with van der Waals surface area (Å²) in [5, 5.41) is 14.7. The van der Waals surface area contributed by atoms with Gasteiger partial charge in [-0.1, -0.05) is 6.92 Å². The van der Waals surface area contributed by atoms with Gasteiger partial charge in [0.15, 0.2) is 5.78 Å². The van der Waals surface area contributed by atoms with Gasteiger partial charge in [0.1, 0.15) is 6.33 Å². The standard InChI is InChI=1S/C18H22N6O3/c1-3-22-8-10-23(11-9-22)18-16(24(26)27)17(19-12-20-18)21-15-6-4-14(5-7-15)13(2)25/h4-7,12H,3,8-11H2,1-2H3,(H,19,20,21). The number of nitro groups is 1. The Morgan fingerprint density at radius 3 is 2.41 bits per heavy atom. The number of nitrogens with one attached hydrogen (secondary N) is 1. The Morgan fingerprint density at radius 2 is 1.85 bits per heavy atom. The van der Waals surface area contributed by atoms with E-state index in [9.17, 15) is 14.9 Å². The monoisotopic (exact) mass is 370 g/mol. The molecule has 0 atom stereocenters. The molecule has 142 valence electrons. The molecular weight excluding hydrogens is 348 g/mol. The quantitative estimate of drug-likeness (QED) is 0.470. The molecule has 3 rings (SSSR count). The van der Waals surface area contributed by atoms with E-state index in [1.165, 1.54) is 13.3 Å². The summed E-state index contributed by atoms with van der Waals surface area (Å²) in [5.74, 6) is 0.426. The van der Waals surface area contributed by atoms with Gasteiger partial charge < -0.3 is 15.1 Å². The van der Waals surface area contributed by atoms with Gasteiger partial charge in [-0.3, -0.25) is 14.9 Å². The zero-order valence-corrected chi connectivity index (χ0v) is 15.4. The average Bonchev–Trinajstić information content (AvgIpc) is 2.68. The molecule has 0 amide bonds. The number of aromatic nitrogens is 2. The maximum atomic E-state index is 11.7. The summed E-state index contributed by atoms with van der Waals surface area (Å²) >= 11 is 0. The lowest BCUT2D eigenvalue weighted by atomic mass is 10.1. The van der Waals surface area contributed by atoms with Crippen molar-refractivity contribution in [3.63, 3.8) is 0 Å². The van der Waals surface area contributed by atoms with E-state index in [0.29, 0.717) is 30.2 Å². The fraction of sp³-hybridized carbons (Fsp3) is 0.389. The zero-order valence-electron chi connectivity index (χ0n) is 15.4. The van der Waals surface area contributed by atoms with Gasteiger partial charge in [-0.15, -0.1) is 0 Å². The van der Waals surface area contributed by atoms with E-state index in [1.54, 1.807) is 24.3 Å². The summed E-state index contributed by atoms with van der Waals surface area (Å²) in [7, 11) is 0. The number of hydrogen-bond acceptors (Lipinski definition) is 8. The van der Waals surface area contributed by atoms with Crippen molar-refractivity contribution in [3.05, 3.63) is 46.3 Å². The van der Waals surface area contributed by atoms with Crippen molar-refractivity contribution >= 4 is 28.8 Å². The van der Waals surface area contributed by atoms with Crippen molar-refractivity contribution < 1.29 is 9.72 Å². The fourth-order valence-corrected chi connectivity index (χ4v) is 3.06. The second-order valence-electron chi connectivity index (χ2n) is 6.33. The number of carbonyl (C=O) groups excluding carboxylic acids is 1. The van der Waals surface area contributed by atoms with Crippen LogP contribution in [0.15, 0.2) is 30.6 Å². The minimum absolute atomic E-state index is 0.0388. The second-order valence-corrected chi connectivity index (χ2v) is 6.33. The van der Waals surface area contributed by atoms with Gasteiger partial charge in [-0.25, -0.2) is 9.97 Å². The molecule has 1 aliphatic rings. The number of Topliss-reactive ketones (excluding diaryl/α,β-unsaturated/α-hetero) is 1. The van der Waals surface area contributed by atoms with E-state index >= 15 is 0 Å². The summed E-state index contributed by atoms with van der Waals surface area (Å²) in [5.41, 5.74) is 1.05. The molecule has 0 unspecified atom stereocenters. The normalized spacial score (nSPS) is 14.8. The van der Waals surface area contributed by atoms with Gasteiger partial charge >= 0.3 is 5.69 Å². The summed E-state index contributed by atoms with van der Waals surface area (Å²) in [4.78, 5) is 35.1. The highest BCUT2D eigenvalue weighted by molar-refractivity contribution is 5.94. The Balaban J connectivity index is 1.87. The number of likely N-dealkylation sites (N-methyl/N-ethyl adjacent to an activating group) is 1. The largest absolute Gasteiger partial charge is 0.353 e. The number of benzene rings is 1. The van der Waals surface area contributed by atoms with E-state index in [2.05, 4.69) is 27.1 Å².